The van der Waals surface area contributed by atoms with E-state index in [0.717, 1.165) is 11.5 Å². The van der Waals surface area contributed by atoms with Crippen molar-refractivity contribution in [2.75, 3.05) is 18.1 Å². The van der Waals surface area contributed by atoms with Crippen LogP contribution in [0.2, 0.25) is 0 Å². The van der Waals surface area contributed by atoms with E-state index in [1.165, 1.54) is 0 Å². The van der Waals surface area contributed by atoms with Gasteiger partial charge in [0.1, 0.15) is 0 Å². The first-order chi connectivity index (χ1) is 6.24. The number of ether oxygens (including phenoxy) is 2. The number of hydrogen-bond donors (Lipinski definition) is 0. The molecular formula is C8H12O4S. The molecule has 0 aromatic heterocycles. The summed E-state index contributed by atoms with van der Waals surface area (Å²) in [6.07, 6.45) is -0.136. The molecular weight excluding hydrogens is 192 g/mol. The predicted molar refractivity (Wildman–Crippen MR) is 48.5 cm³/mol. The summed E-state index contributed by atoms with van der Waals surface area (Å²) in [5, 5.41) is 0. The molecule has 5 heteroatoms. The molecule has 74 valence electrons. The van der Waals surface area contributed by atoms with Crippen molar-refractivity contribution in [3.63, 3.8) is 0 Å². The Kier molecular flexibility index (Phi) is 4.08. The van der Waals surface area contributed by atoms with Crippen LogP contribution in [0.15, 0.2) is 0 Å². The lowest BCUT2D eigenvalue weighted by Crippen LogP contribution is -2.37. The number of rotatable bonds is 4. The zero-order valence-corrected chi connectivity index (χ0v) is 8.26. The molecule has 0 bridgehead atoms. The molecule has 0 saturated carbocycles. The molecule has 0 aliphatic carbocycles. The first-order valence-electron chi connectivity index (χ1n) is 4.18. The highest BCUT2D eigenvalue weighted by atomic mass is 32.2. The van der Waals surface area contributed by atoms with Crippen LogP contribution in [0.3, 0.4) is 0 Å². The van der Waals surface area contributed by atoms with Crippen LogP contribution in [-0.2, 0) is 19.1 Å². The molecule has 0 spiro atoms. The van der Waals surface area contributed by atoms with E-state index in [0.29, 0.717) is 6.42 Å². The van der Waals surface area contributed by atoms with Crippen molar-refractivity contribution in [2.24, 2.45) is 0 Å². The fraction of sp³-hybridized carbons (Fsp3) is 0.750. The van der Waals surface area contributed by atoms with Crippen LogP contribution in [0.5, 0.6) is 0 Å². The van der Waals surface area contributed by atoms with Gasteiger partial charge in [0, 0.05) is 6.42 Å². The van der Waals surface area contributed by atoms with Gasteiger partial charge >= 0.3 is 11.9 Å². The summed E-state index contributed by atoms with van der Waals surface area (Å²) in [7, 11) is 0. The topological polar surface area (TPSA) is 52.6 Å². The van der Waals surface area contributed by atoms with Crippen molar-refractivity contribution in [2.45, 2.75) is 19.4 Å². The van der Waals surface area contributed by atoms with Gasteiger partial charge in [-0.3, -0.25) is 0 Å². The Hall–Kier alpha value is -0.710. The highest BCUT2D eigenvalue weighted by Crippen LogP contribution is 2.11. The lowest BCUT2D eigenvalue weighted by atomic mass is 10.2. The molecule has 0 aromatic carbocycles. The molecule has 0 unspecified atom stereocenters. The number of carbonyl (C=O) groups is 2. The van der Waals surface area contributed by atoms with Gasteiger partial charge in [0.2, 0.25) is 0 Å². The van der Waals surface area contributed by atoms with Gasteiger partial charge < -0.3 is 9.47 Å². The van der Waals surface area contributed by atoms with Crippen LogP contribution in [0, 0.1) is 0 Å². The highest BCUT2D eigenvalue weighted by molar-refractivity contribution is 7.99. The molecule has 0 amide bonds. The zero-order valence-electron chi connectivity index (χ0n) is 7.45. The van der Waals surface area contributed by atoms with Gasteiger partial charge in [-0.25, -0.2) is 9.59 Å². The first kappa shape index (κ1) is 10.4. The lowest BCUT2D eigenvalue weighted by Gasteiger charge is -2.20. The summed E-state index contributed by atoms with van der Waals surface area (Å²) in [5.41, 5.74) is 0. The fourth-order valence-corrected chi connectivity index (χ4v) is 1.64. The van der Waals surface area contributed by atoms with Crippen molar-refractivity contribution in [3.05, 3.63) is 0 Å². The smallest absolute Gasteiger partial charge is 0.348 e. The Morgan fingerprint density at radius 2 is 2.31 bits per heavy atom. The quantitative estimate of drug-likeness (QED) is 0.495. The van der Waals surface area contributed by atoms with Crippen LogP contribution in [0.1, 0.15) is 13.3 Å². The van der Waals surface area contributed by atoms with Crippen LogP contribution < -0.4 is 0 Å². The highest BCUT2D eigenvalue weighted by Gasteiger charge is 2.29. The Bertz CT molecular complexity index is 204. The number of hydrogen-bond acceptors (Lipinski definition) is 5. The molecule has 1 saturated heterocycles. The third-order valence-corrected chi connectivity index (χ3v) is 2.53. The molecule has 1 heterocycles. The van der Waals surface area contributed by atoms with E-state index in [1.54, 1.807) is 11.8 Å². The summed E-state index contributed by atoms with van der Waals surface area (Å²) in [6.45, 7) is 1.80. The Labute approximate surface area is 81.0 Å². The lowest BCUT2D eigenvalue weighted by molar-refractivity contribution is -0.184. The van der Waals surface area contributed by atoms with Gasteiger partial charge in [-0.1, -0.05) is 6.92 Å². The minimum absolute atomic E-state index is 0.240. The summed E-state index contributed by atoms with van der Waals surface area (Å²) in [6, 6.07) is 0. The second-order valence-electron chi connectivity index (χ2n) is 2.57. The standard InChI is InChI=1S/C8H12O4S/c1-2-13-4-3-6-8(10)11-5-7(9)12-6/h6H,2-5H2,1H3/t6-/m0/s1. The van der Waals surface area contributed by atoms with E-state index in [4.69, 9.17) is 4.74 Å². The van der Waals surface area contributed by atoms with Gasteiger partial charge in [-0.15, -0.1) is 0 Å². The molecule has 0 radical (unpaired) electrons. The molecule has 1 aliphatic rings. The average molecular weight is 204 g/mol. The number of thioether (sulfide) groups is 1. The summed E-state index contributed by atoms with van der Waals surface area (Å²) < 4.78 is 9.43. The van der Waals surface area contributed by atoms with Crippen molar-refractivity contribution < 1.29 is 19.1 Å². The molecule has 1 aliphatic heterocycles. The van der Waals surface area contributed by atoms with Crippen LogP contribution in [0.4, 0.5) is 0 Å². The largest absolute Gasteiger partial charge is 0.451 e. The number of esters is 2. The van der Waals surface area contributed by atoms with E-state index in [-0.39, 0.29) is 6.61 Å². The van der Waals surface area contributed by atoms with Crippen molar-refractivity contribution >= 4 is 23.7 Å². The van der Waals surface area contributed by atoms with Gasteiger partial charge in [-0.05, 0) is 11.5 Å². The monoisotopic (exact) mass is 204 g/mol. The molecule has 4 nitrogen and oxygen atoms in total. The van der Waals surface area contributed by atoms with Gasteiger partial charge in [0.05, 0.1) is 0 Å². The van der Waals surface area contributed by atoms with Gasteiger partial charge in [0.25, 0.3) is 0 Å². The second kappa shape index (κ2) is 5.11. The average Bonchev–Trinajstić information content (AvgIpc) is 2.11. The van der Waals surface area contributed by atoms with E-state index in [1.807, 2.05) is 6.92 Å². The van der Waals surface area contributed by atoms with Gasteiger partial charge in [0.15, 0.2) is 12.7 Å². The Balaban J connectivity index is 2.29. The van der Waals surface area contributed by atoms with E-state index in [9.17, 15) is 9.59 Å². The third-order valence-electron chi connectivity index (χ3n) is 1.60. The summed E-state index contributed by atoms with van der Waals surface area (Å²) in [4.78, 5) is 21.8. The summed E-state index contributed by atoms with van der Waals surface area (Å²) in [5.74, 6) is 0.932. The maximum Gasteiger partial charge on any atom is 0.348 e. The minimum atomic E-state index is -0.680. The second-order valence-corrected chi connectivity index (χ2v) is 3.97. The molecule has 1 rings (SSSR count). The van der Waals surface area contributed by atoms with Crippen molar-refractivity contribution in [3.8, 4) is 0 Å². The molecule has 13 heavy (non-hydrogen) atoms. The fourth-order valence-electron chi connectivity index (χ4n) is 0.975. The Morgan fingerprint density at radius 1 is 1.54 bits per heavy atom. The van der Waals surface area contributed by atoms with Crippen LogP contribution in [-0.4, -0.2) is 36.2 Å². The number of cyclic esters (lactones) is 2. The molecule has 1 atom stereocenters. The predicted octanol–water partition coefficient (Wildman–Crippen LogP) is 0.598. The molecule has 0 N–H and O–H groups in total. The molecule has 0 aromatic rings. The third kappa shape index (κ3) is 3.26. The van der Waals surface area contributed by atoms with Crippen LogP contribution in [0.25, 0.3) is 0 Å². The van der Waals surface area contributed by atoms with E-state index >= 15 is 0 Å². The zero-order chi connectivity index (χ0) is 9.68. The van der Waals surface area contributed by atoms with E-state index in [2.05, 4.69) is 4.74 Å². The molecule has 1 fully saturated rings. The van der Waals surface area contributed by atoms with Crippen LogP contribution >= 0.6 is 11.8 Å². The minimum Gasteiger partial charge on any atom is -0.451 e. The van der Waals surface area contributed by atoms with Gasteiger partial charge in [-0.2, -0.15) is 11.8 Å². The summed E-state index contributed by atoms with van der Waals surface area (Å²) >= 11 is 1.71. The van der Waals surface area contributed by atoms with Crippen molar-refractivity contribution in [1.82, 2.24) is 0 Å². The van der Waals surface area contributed by atoms with E-state index < -0.39 is 18.0 Å². The maximum atomic E-state index is 11.0. The normalized spacial score (nSPS) is 22.4. The first-order valence-corrected chi connectivity index (χ1v) is 5.33. The number of carbonyl (C=O) groups excluding carboxylic acids is 2. The SMILES string of the molecule is CCSCC[C@@H]1OC(=O)COC1=O. The Morgan fingerprint density at radius 3 is 3.00 bits per heavy atom. The maximum absolute atomic E-state index is 11.0. The van der Waals surface area contributed by atoms with Crippen molar-refractivity contribution in [1.29, 1.82) is 0 Å².